The highest BCUT2D eigenvalue weighted by Crippen LogP contribution is 2.44. The molecule has 0 aliphatic heterocycles. The van der Waals surface area contributed by atoms with Crippen molar-refractivity contribution in [3.05, 3.63) is 83.4 Å². The van der Waals surface area contributed by atoms with E-state index in [0.717, 1.165) is 5.56 Å². The number of amides is 1. The molecule has 1 aliphatic carbocycles. The van der Waals surface area contributed by atoms with Crippen molar-refractivity contribution in [3.63, 3.8) is 0 Å². The van der Waals surface area contributed by atoms with Crippen LogP contribution in [0.2, 0.25) is 0 Å². The van der Waals surface area contributed by atoms with Gasteiger partial charge in [0.05, 0.1) is 6.04 Å². The van der Waals surface area contributed by atoms with E-state index in [1.54, 1.807) is 24.3 Å². The fourth-order valence-electron chi connectivity index (χ4n) is 3.45. The topological polar surface area (TPSA) is 78.8 Å². The van der Waals surface area contributed by atoms with Crippen LogP contribution in [0.5, 0.6) is 11.5 Å². The summed E-state index contributed by atoms with van der Waals surface area (Å²) in [5.74, 6) is 0.198. The van der Waals surface area contributed by atoms with E-state index >= 15 is 0 Å². The van der Waals surface area contributed by atoms with E-state index in [4.69, 9.17) is 4.74 Å². The highest BCUT2D eigenvalue weighted by atomic mass is 16.5. The molecule has 5 nitrogen and oxygen atoms in total. The summed E-state index contributed by atoms with van der Waals surface area (Å²) >= 11 is 0. The Morgan fingerprint density at radius 3 is 2.41 bits per heavy atom. The van der Waals surface area contributed by atoms with Crippen LogP contribution in [0.25, 0.3) is 10.8 Å². The summed E-state index contributed by atoms with van der Waals surface area (Å²) in [4.78, 5) is 12.2. The van der Waals surface area contributed by atoms with Gasteiger partial charge in [0.25, 0.3) is 0 Å². The molecule has 4 rings (SSSR count). The molecular formula is C22H19NO4. The molecule has 3 N–H and O–H groups in total. The molecule has 0 heterocycles. The first-order chi connectivity index (χ1) is 13.1. The van der Waals surface area contributed by atoms with Gasteiger partial charge in [-0.2, -0.15) is 0 Å². The van der Waals surface area contributed by atoms with Gasteiger partial charge in [-0.25, -0.2) is 4.79 Å². The maximum absolute atomic E-state index is 12.2. The molecule has 1 unspecified atom stereocenters. The van der Waals surface area contributed by atoms with Crippen LogP contribution < -0.4 is 5.32 Å². The Balaban J connectivity index is 1.60. The minimum absolute atomic E-state index is 0.0658. The van der Waals surface area contributed by atoms with Crippen LogP contribution in [0.3, 0.4) is 0 Å². The molecular weight excluding hydrogens is 342 g/mol. The van der Waals surface area contributed by atoms with E-state index in [0.29, 0.717) is 28.3 Å². The van der Waals surface area contributed by atoms with Gasteiger partial charge in [0, 0.05) is 21.9 Å². The Kier molecular flexibility index (Phi) is 4.42. The molecule has 0 saturated heterocycles. The molecule has 1 amide bonds. The molecule has 0 spiro atoms. The minimum atomic E-state index is -0.589. The summed E-state index contributed by atoms with van der Waals surface area (Å²) in [5.41, 5.74) is 2.01. The number of allylic oxidation sites excluding steroid dienone is 1. The van der Waals surface area contributed by atoms with E-state index < -0.39 is 12.1 Å². The van der Waals surface area contributed by atoms with Gasteiger partial charge in [-0.1, -0.05) is 66.7 Å². The van der Waals surface area contributed by atoms with Crippen LogP contribution in [0.1, 0.15) is 22.7 Å². The molecule has 3 aromatic rings. The van der Waals surface area contributed by atoms with E-state index in [2.05, 4.69) is 5.32 Å². The van der Waals surface area contributed by atoms with Crippen molar-refractivity contribution in [1.82, 2.24) is 5.32 Å². The SMILES string of the molecule is O=C(NC1C=CCc2c1c(O)c1ccccc1c2O)OCc1ccccc1. The predicted molar refractivity (Wildman–Crippen MR) is 103 cm³/mol. The van der Waals surface area contributed by atoms with E-state index in [-0.39, 0.29) is 18.1 Å². The lowest BCUT2D eigenvalue weighted by molar-refractivity contribution is 0.137. The monoisotopic (exact) mass is 361 g/mol. The van der Waals surface area contributed by atoms with Crippen molar-refractivity contribution in [2.75, 3.05) is 0 Å². The first-order valence-electron chi connectivity index (χ1n) is 8.74. The average Bonchev–Trinajstić information content (AvgIpc) is 2.71. The van der Waals surface area contributed by atoms with Crippen LogP contribution in [-0.2, 0) is 17.8 Å². The van der Waals surface area contributed by atoms with Gasteiger partial charge < -0.3 is 20.3 Å². The fourth-order valence-corrected chi connectivity index (χ4v) is 3.45. The largest absolute Gasteiger partial charge is 0.507 e. The number of alkyl carbamates (subject to hydrolysis) is 1. The van der Waals surface area contributed by atoms with Gasteiger partial charge in [0.15, 0.2) is 0 Å². The summed E-state index contributed by atoms with van der Waals surface area (Å²) in [5, 5.41) is 25.3. The van der Waals surface area contributed by atoms with E-state index in [1.165, 1.54) is 0 Å². The van der Waals surface area contributed by atoms with Crippen molar-refractivity contribution >= 4 is 16.9 Å². The zero-order valence-corrected chi connectivity index (χ0v) is 14.6. The first-order valence-corrected chi connectivity index (χ1v) is 8.74. The van der Waals surface area contributed by atoms with Crippen LogP contribution in [-0.4, -0.2) is 16.3 Å². The molecule has 136 valence electrons. The van der Waals surface area contributed by atoms with Gasteiger partial charge >= 0.3 is 6.09 Å². The molecule has 0 aromatic heterocycles. The molecule has 5 heteroatoms. The van der Waals surface area contributed by atoms with Gasteiger partial charge in [-0.05, 0) is 12.0 Å². The third-order valence-corrected chi connectivity index (χ3v) is 4.75. The Morgan fingerprint density at radius 2 is 1.67 bits per heavy atom. The molecule has 1 aliphatic rings. The molecule has 3 aromatic carbocycles. The molecule has 27 heavy (non-hydrogen) atoms. The van der Waals surface area contributed by atoms with E-state index in [1.807, 2.05) is 42.5 Å². The van der Waals surface area contributed by atoms with Crippen molar-refractivity contribution in [1.29, 1.82) is 0 Å². The smallest absolute Gasteiger partial charge is 0.408 e. The quantitative estimate of drug-likeness (QED) is 0.479. The first kappa shape index (κ1) is 17.0. The second-order valence-corrected chi connectivity index (χ2v) is 6.45. The number of benzene rings is 3. The number of ether oxygens (including phenoxy) is 1. The van der Waals surface area contributed by atoms with Crippen molar-refractivity contribution in [2.45, 2.75) is 19.1 Å². The van der Waals surface area contributed by atoms with Crippen LogP contribution >= 0.6 is 0 Å². The Bertz CT molecular complexity index is 1030. The summed E-state index contributed by atoms with van der Waals surface area (Å²) in [7, 11) is 0. The number of carbonyl (C=O) groups excluding carboxylic acids is 1. The highest BCUT2D eigenvalue weighted by Gasteiger charge is 2.27. The lowest BCUT2D eigenvalue weighted by Crippen LogP contribution is -2.29. The van der Waals surface area contributed by atoms with Crippen molar-refractivity contribution in [3.8, 4) is 11.5 Å². The molecule has 0 radical (unpaired) electrons. The Hall–Kier alpha value is -3.47. The summed E-state index contributed by atoms with van der Waals surface area (Å²) < 4.78 is 5.28. The highest BCUT2D eigenvalue weighted by molar-refractivity contribution is 5.96. The Labute approximate surface area is 156 Å². The fraction of sp³-hybridized carbons (Fsp3) is 0.136. The average molecular weight is 361 g/mol. The Morgan fingerprint density at radius 1 is 1.00 bits per heavy atom. The van der Waals surface area contributed by atoms with Crippen molar-refractivity contribution in [2.24, 2.45) is 0 Å². The van der Waals surface area contributed by atoms with Gasteiger partial charge in [-0.3, -0.25) is 0 Å². The second kappa shape index (κ2) is 7.03. The standard InChI is InChI=1S/C22H19NO4/c24-20-15-9-4-5-10-16(15)21(25)19-17(20)11-6-12-18(19)23-22(26)27-13-14-7-2-1-3-8-14/h1-10,12,18,24-25H,11,13H2,(H,23,26). The third kappa shape index (κ3) is 3.19. The third-order valence-electron chi connectivity index (χ3n) is 4.75. The molecule has 0 bridgehead atoms. The minimum Gasteiger partial charge on any atom is -0.507 e. The predicted octanol–water partition coefficient (Wildman–Crippen LogP) is 4.33. The summed E-state index contributed by atoms with van der Waals surface area (Å²) in [6.45, 7) is 0.158. The van der Waals surface area contributed by atoms with Gasteiger partial charge in [-0.15, -0.1) is 0 Å². The number of nitrogens with one attached hydrogen (secondary N) is 1. The van der Waals surface area contributed by atoms with Crippen LogP contribution in [0.4, 0.5) is 4.79 Å². The number of aromatic hydroxyl groups is 2. The van der Waals surface area contributed by atoms with Crippen LogP contribution in [0, 0.1) is 0 Å². The summed E-state index contributed by atoms with van der Waals surface area (Å²) in [6.07, 6.45) is 3.54. The lowest BCUT2D eigenvalue weighted by Gasteiger charge is -2.25. The van der Waals surface area contributed by atoms with Gasteiger partial charge in [0.1, 0.15) is 18.1 Å². The number of carbonyl (C=O) groups is 1. The maximum atomic E-state index is 12.2. The zero-order valence-electron chi connectivity index (χ0n) is 14.6. The van der Waals surface area contributed by atoms with Crippen molar-refractivity contribution < 1.29 is 19.7 Å². The number of hydrogen-bond donors (Lipinski definition) is 3. The number of phenolic OH excluding ortho intramolecular Hbond substituents is 2. The number of rotatable bonds is 3. The molecule has 0 fully saturated rings. The number of phenols is 2. The van der Waals surface area contributed by atoms with Gasteiger partial charge in [0.2, 0.25) is 0 Å². The second-order valence-electron chi connectivity index (χ2n) is 6.45. The number of hydrogen-bond acceptors (Lipinski definition) is 4. The maximum Gasteiger partial charge on any atom is 0.408 e. The van der Waals surface area contributed by atoms with E-state index in [9.17, 15) is 15.0 Å². The molecule has 0 saturated carbocycles. The lowest BCUT2D eigenvalue weighted by atomic mass is 9.88. The normalized spacial score (nSPS) is 15.3. The molecule has 1 atom stereocenters. The van der Waals surface area contributed by atoms with Crippen LogP contribution in [0.15, 0.2) is 66.7 Å². The zero-order chi connectivity index (χ0) is 18.8. The summed E-state index contributed by atoms with van der Waals surface area (Å²) in [6, 6.07) is 15.9. The number of fused-ring (bicyclic) bond motifs is 2.